The first-order valence-electron chi connectivity index (χ1n) is 10.1. The average Bonchev–Trinajstić information content (AvgIpc) is 3.49. The Bertz CT molecular complexity index is 629. The second-order valence-electron chi connectivity index (χ2n) is 8.16. The predicted molar refractivity (Wildman–Crippen MR) is 106 cm³/mol. The Hall–Kier alpha value is -1.37. The van der Waals surface area contributed by atoms with Gasteiger partial charge in [-0.25, -0.2) is 4.98 Å². The number of ether oxygens (including phenoxy) is 1. The van der Waals surface area contributed by atoms with Gasteiger partial charge in [0.1, 0.15) is 12.4 Å². The summed E-state index contributed by atoms with van der Waals surface area (Å²) in [6, 6.07) is 3.66. The summed E-state index contributed by atoms with van der Waals surface area (Å²) in [6.45, 7) is 6.01. The molecule has 0 aromatic carbocycles. The molecule has 1 aromatic rings. The van der Waals surface area contributed by atoms with Gasteiger partial charge in [-0.15, -0.1) is 0 Å². The van der Waals surface area contributed by atoms with Crippen molar-refractivity contribution in [1.29, 1.82) is 0 Å². The molecule has 1 saturated carbocycles. The molecule has 7 heteroatoms. The highest BCUT2D eigenvalue weighted by Crippen LogP contribution is 2.31. The number of morpholine rings is 1. The van der Waals surface area contributed by atoms with Crippen LogP contribution in [0.5, 0.6) is 0 Å². The maximum atomic E-state index is 12.3. The molecule has 3 heterocycles. The minimum atomic E-state index is -0.00451. The molecular formula is C20H29ClN4O2. The fourth-order valence-electron chi connectivity index (χ4n) is 4.01. The van der Waals surface area contributed by atoms with Gasteiger partial charge in [0.05, 0.1) is 11.1 Å². The first-order valence-corrected chi connectivity index (χ1v) is 10.5. The molecule has 148 valence electrons. The summed E-state index contributed by atoms with van der Waals surface area (Å²) in [7, 11) is 0. The SMILES string of the molecule is O=C1CO[C@@H](CNc2ccc(Cl)cn2)CN1CC1CCN(CC2CC2)CC1. The lowest BCUT2D eigenvalue weighted by molar-refractivity contribution is -0.149. The van der Waals surface area contributed by atoms with E-state index in [4.69, 9.17) is 16.3 Å². The van der Waals surface area contributed by atoms with Gasteiger partial charge in [-0.3, -0.25) is 4.79 Å². The fraction of sp³-hybridized carbons (Fsp3) is 0.700. The number of pyridine rings is 1. The van der Waals surface area contributed by atoms with E-state index in [0.29, 0.717) is 24.0 Å². The third kappa shape index (κ3) is 5.56. The molecule has 2 aliphatic heterocycles. The van der Waals surface area contributed by atoms with Crippen LogP contribution in [-0.4, -0.2) is 72.7 Å². The number of aromatic nitrogens is 1. The van der Waals surface area contributed by atoms with E-state index in [9.17, 15) is 4.79 Å². The van der Waals surface area contributed by atoms with Gasteiger partial charge in [0.2, 0.25) is 5.91 Å². The van der Waals surface area contributed by atoms with Gasteiger partial charge in [0, 0.05) is 32.4 Å². The van der Waals surface area contributed by atoms with Crippen molar-refractivity contribution in [3.05, 3.63) is 23.4 Å². The highest BCUT2D eigenvalue weighted by molar-refractivity contribution is 6.30. The molecule has 0 radical (unpaired) electrons. The monoisotopic (exact) mass is 392 g/mol. The zero-order valence-corrected chi connectivity index (χ0v) is 16.5. The Morgan fingerprint density at radius 3 is 2.63 bits per heavy atom. The number of carbonyl (C=O) groups excluding carboxylic acids is 1. The second-order valence-corrected chi connectivity index (χ2v) is 8.60. The van der Waals surface area contributed by atoms with Crippen molar-refractivity contribution >= 4 is 23.3 Å². The van der Waals surface area contributed by atoms with Crippen LogP contribution in [0.15, 0.2) is 18.3 Å². The molecule has 1 amide bonds. The number of hydrogen-bond donors (Lipinski definition) is 1. The normalized spacial score (nSPS) is 25.0. The van der Waals surface area contributed by atoms with Gasteiger partial charge in [-0.1, -0.05) is 11.6 Å². The second kappa shape index (κ2) is 8.76. The number of rotatable bonds is 7. The molecule has 27 heavy (non-hydrogen) atoms. The van der Waals surface area contributed by atoms with Gasteiger partial charge in [0.25, 0.3) is 0 Å². The Labute approximate surface area is 166 Å². The van der Waals surface area contributed by atoms with Crippen LogP contribution in [-0.2, 0) is 9.53 Å². The van der Waals surface area contributed by atoms with Crippen LogP contribution >= 0.6 is 11.6 Å². The number of piperidine rings is 1. The number of hydrogen-bond acceptors (Lipinski definition) is 5. The number of nitrogens with zero attached hydrogens (tertiary/aromatic N) is 3. The molecule has 0 spiro atoms. The smallest absolute Gasteiger partial charge is 0.248 e. The van der Waals surface area contributed by atoms with Gasteiger partial charge in [-0.05, 0) is 62.7 Å². The molecule has 1 aromatic heterocycles. The van der Waals surface area contributed by atoms with Gasteiger partial charge in [-0.2, -0.15) is 0 Å². The lowest BCUT2D eigenvalue weighted by Crippen LogP contribution is -2.51. The third-order valence-corrected chi connectivity index (χ3v) is 6.08. The Morgan fingerprint density at radius 1 is 1.15 bits per heavy atom. The van der Waals surface area contributed by atoms with Crippen LogP contribution in [0.1, 0.15) is 25.7 Å². The van der Waals surface area contributed by atoms with Crippen LogP contribution in [0.2, 0.25) is 5.02 Å². The van der Waals surface area contributed by atoms with Crippen LogP contribution in [0.3, 0.4) is 0 Å². The van der Waals surface area contributed by atoms with Crippen molar-refractivity contribution < 1.29 is 9.53 Å². The maximum absolute atomic E-state index is 12.3. The predicted octanol–water partition coefficient (Wildman–Crippen LogP) is 2.50. The fourth-order valence-corrected chi connectivity index (χ4v) is 4.12. The average molecular weight is 393 g/mol. The van der Waals surface area contributed by atoms with E-state index in [1.165, 1.54) is 45.3 Å². The summed E-state index contributed by atoms with van der Waals surface area (Å²) in [5.74, 6) is 2.48. The molecule has 2 saturated heterocycles. The van der Waals surface area contributed by atoms with Crippen molar-refractivity contribution in [1.82, 2.24) is 14.8 Å². The minimum Gasteiger partial charge on any atom is -0.367 e. The van der Waals surface area contributed by atoms with Crippen LogP contribution in [0.25, 0.3) is 0 Å². The van der Waals surface area contributed by atoms with Crippen molar-refractivity contribution in [2.75, 3.05) is 51.2 Å². The quantitative estimate of drug-likeness (QED) is 0.772. The largest absolute Gasteiger partial charge is 0.367 e. The number of anilines is 1. The van der Waals surface area contributed by atoms with Gasteiger partial charge >= 0.3 is 0 Å². The molecule has 3 fully saturated rings. The molecule has 1 atom stereocenters. The van der Waals surface area contributed by atoms with Gasteiger partial charge < -0.3 is 19.9 Å². The summed E-state index contributed by atoms with van der Waals surface area (Å²) in [5.41, 5.74) is 0. The van der Waals surface area contributed by atoms with Crippen molar-refractivity contribution in [3.8, 4) is 0 Å². The van der Waals surface area contributed by atoms with E-state index >= 15 is 0 Å². The Morgan fingerprint density at radius 2 is 1.93 bits per heavy atom. The summed E-state index contributed by atoms with van der Waals surface area (Å²) < 4.78 is 5.71. The molecule has 3 aliphatic rings. The molecule has 6 nitrogen and oxygen atoms in total. The Kier molecular flexibility index (Phi) is 6.15. The van der Waals surface area contributed by atoms with E-state index in [1.807, 2.05) is 17.0 Å². The molecule has 4 rings (SSSR count). The zero-order chi connectivity index (χ0) is 18.6. The van der Waals surface area contributed by atoms with E-state index < -0.39 is 0 Å². The van der Waals surface area contributed by atoms with Crippen molar-refractivity contribution in [2.45, 2.75) is 31.8 Å². The number of halogens is 1. The van der Waals surface area contributed by atoms with E-state index in [-0.39, 0.29) is 18.6 Å². The Balaban J connectivity index is 1.21. The number of nitrogens with one attached hydrogen (secondary N) is 1. The first-order chi connectivity index (χ1) is 13.2. The topological polar surface area (TPSA) is 57.7 Å². The number of carbonyl (C=O) groups is 1. The number of likely N-dealkylation sites (tertiary alicyclic amines) is 1. The first kappa shape index (κ1) is 19.0. The lowest BCUT2D eigenvalue weighted by Gasteiger charge is -2.38. The zero-order valence-electron chi connectivity index (χ0n) is 15.8. The third-order valence-electron chi connectivity index (χ3n) is 5.86. The summed E-state index contributed by atoms with van der Waals surface area (Å²) >= 11 is 5.86. The molecule has 0 bridgehead atoms. The highest BCUT2D eigenvalue weighted by atomic mass is 35.5. The molecule has 1 N–H and O–H groups in total. The molecule has 0 unspecified atom stereocenters. The minimum absolute atomic E-state index is 0.00451. The van der Waals surface area contributed by atoms with Crippen LogP contribution in [0, 0.1) is 11.8 Å². The lowest BCUT2D eigenvalue weighted by atomic mass is 9.95. The van der Waals surface area contributed by atoms with Crippen molar-refractivity contribution in [2.24, 2.45) is 11.8 Å². The summed E-state index contributed by atoms with van der Waals surface area (Å²) in [6.07, 6.45) is 6.86. The molecular weight excluding hydrogens is 364 g/mol. The highest BCUT2D eigenvalue weighted by Gasteiger charge is 2.31. The maximum Gasteiger partial charge on any atom is 0.248 e. The van der Waals surface area contributed by atoms with E-state index in [0.717, 1.165) is 18.3 Å². The summed E-state index contributed by atoms with van der Waals surface area (Å²) in [5, 5.41) is 3.89. The van der Waals surface area contributed by atoms with Crippen LogP contribution in [0.4, 0.5) is 5.82 Å². The van der Waals surface area contributed by atoms with Gasteiger partial charge in [0.15, 0.2) is 0 Å². The van der Waals surface area contributed by atoms with E-state index in [1.54, 1.807) is 6.20 Å². The van der Waals surface area contributed by atoms with Crippen LogP contribution < -0.4 is 5.32 Å². The number of amides is 1. The van der Waals surface area contributed by atoms with Crippen molar-refractivity contribution in [3.63, 3.8) is 0 Å². The van der Waals surface area contributed by atoms with E-state index in [2.05, 4.69) is 15.2 Å². The summed E-state index contributed by atoms with van der Waals surface area (Å²) in [4.78, 5) is 21.1. The molecule has 1 aliphatic carbocycles. The standard InChI is InChI=1S/C20H29ClN4O2/c21-17-3-4-19(22-9-17)23-10-18-13-25(20(26)14-27-18)12-16-5-7-24(8-6-16)11-15-1-2-15/h3-4,9,15-16,18H,1-2,5-8,10-14H2,(H,22,23)/t18-/m0/s1.